The zero-order valence-corrected chi connectivity index (χ0v) is 18.7. The summed E-state index contributed by atoms with van der Waals surface area (Å²) in [6.45, 7) is 1.79. The summed E-state index contributed by atoms with van der Waals surface area (Å²) in [5, 5.41) is 28.7. The minimum atomic E-state index is -5.06. The van der Waals surface area contributed by atoms with Crippen molar-refractivity contribution in [1.82, 2.24) is 0 Å². The van der Waals surface area contributed by atoms with Crippen LogP contribution in [0.4, 0.5) is 22.7 Å². The first-order valence-electron chi connectivity index (χ1n) is 9.11. The van der Waals surface area contributed by atoms with Crippen molar-refractivity contribution < 1.29 is 40.7 Å². The molecule has 0 aliphatic heterocycles. The first-order valence-corrected chi connectivity index (χ1v) is 12.0. The number of anilines is 1. The van der Waals surface area contributed by atoms with Gasteiger partial charge in [-0.1, -0.05) is 0 Å². The number of rotatable bonds is 7. The molecule has 0 aliphatic rings. The number of fused-ring (bicyclic) bond motifs is 1. The van der Waals surface area contributed by atoms with E-state index in [2.05, 4.69) is 10.2 Å². The molecule has 3 aromatic carbocycles. The monoisotopic (exact) mass is 512 g/mol. The molecule has 3 aromatic rings. The predicted molar refractivity (Wildman–Crippen MR) is 118 cm³/mol. The van der Waals surface area contributed by atoms with Gasteiger partial charge in [-0.2, -0.15) is 16.8 Å². The second-order valence-electron chi connectivity index (χ2n) is 6.67. The molecule has 0 amide bonds. The molecule has 0 aromatic heterocycles. The van der Waals surface area contributed by atoms with Crippen LogP contribution >= 0.6 is 0 Å². The van der Waals surface area contributed by atoms with Crippen LogP contribution < -0.4 is 10.5 Å². The highest BCUT2D eigenvalue weighted by molar-refractivity contribution is 7.86. The molecular weight excluding hydrogens is 496 g/mol. The predicted octanol–water partition coefficient (Wildman–Crippen LogP) is 3.34. The van der Waals surface area contributed by atoms with Crippen LogP contribution in [0.3, 0.4) is 0 Å². The lowest BCUT2D eigenvalue weighted by molar-refractivity contribution is -0.384. The van der Waals surface area contributed by atoms with Crippen molar-refractivity contribution in [2.24, 2.45) is 10.2 Å². The Labute approximate surface area is 192 Å². The van der Waals surface area contributed by atoms with Crippen LogP contribution in [0.25, 0.3) is 10.8 Å². The third-order valence-corrected chi connectivity index (χ3v) is 6.14. The zero-order chi connectivity index (χ0) is 25.4. The number of hydrogen-bond donors (Lipinski definition) is 4. The van der Waals surface area contributed by atoms with Gasteiger partial charge in [0.25, 0.3) is 25.9 Å². The summed E-state index contributed by atoms with van der Waals surface area (Å²) in [5.74, 6) is -0.834. The normalized spacial score (nSPS) is 12.3. The van der Waals surface area contributed by atoms with Crippen molar-refractivity contribution in [1.29, 1.82) is 0 Å². The Bertz CT molecular complexity index is 1570. The van der Waals surface area contributed by atoms with Gasteiger partial charge in [-0.05, 0) is 36.6 Å². The fraction of sp³-hybridized carbons (Fsp3) is 0.111. The number of benzene rings is 3. The summed E-state index contributed by atoms with van der Waals surface area (Å²) in [7, 11) is -9.80. The molecule has 0 unspecified atom stereocenters. The topological polar surface area (TPSA) is 232 Å². The maximum absolute atomic E-state index is 12.0. The minimum Gasteiger partial charge on any atom is -0.505 e. The van der Waals surface area contributed by atoms with Crippen LogP contribution in [0.2, 0.25) is 0 Å². The van der Waals surface area contributed by atoms with Crippen molar-refractivity contribution in [3.8, 4) is 11.5 Å². The first-order chi connectivity index (χ1) is 15.7. The average molecular weight is 512 g/mol. The molecule has 16 heteroatoms. The van der Waals surface area contributed by atoms with Crippen LogP contribution in [-0.2, 0) is 20.2 Å². The third-order valence-electron chi connectivity index (χ3n) is 4.44. The summed E-state index contributed by atoms with van der Waals surface area (Å²) < 4.78 is 71.1. The SMILES string of the molecule is CCOc1ccc([N+](=O)[O-])cc1N=Nc1c(S(=O)(=O)O)cc2cc(S(=O)(=O)O)cc(N)c2c1O. The van der Waals surface area contributed by atoms with E-state index in [9.17, 15) is 41.2 Å². The van der Waals surface area contributed by atoms with Gasteiger partial charge in [0.05, 0.1) is 16.4 Å². The number of ether oxygens (including phenoxy) is 1. The third kappa shape index (κ3) is 4.88. The smallest absolute Gasteiger partial charge is 0.296 e. The Balaban J connectivity index is 2.32. The lowest BCUT2D eigenvalue weighted by Gasteiger charge is -2.12. The van der Waals surface area contributed by atoms with E-state index in [1.165, 1.54) is 6.07 Å². The highest BCUT2D eigenvalue weighted by Gasteiger charge is 2.25. The van der Waals surface area contributed by atoms with E-state index in [4.69, 9.17) is 10.5 Å². The number of nitrogens with zero attached hydrogens (tertiary/aromatic N) is 3. The van der Waals surface area contributed by atoms with E-state index in [0.29, 0.717) is 0 Å². The molecule has 0 saturated heterocycles. The minimum absolute atomic E-state index is 0.0582. The van der Waals surface area contributed by atoms with Crippen molar-refractivity contribution in [2.75, 3.05) is 12.3 Å². The molecular formula is C18H16N4O10S2. The molecule has 0 atom stereocenters. The van der Waals surface area contributed by atoms with Crippen LogP contribution in [0.15, 0.2) is 56.4 Å². The fourth-order valence-corrected chi connectivity index (χ4v) is 4.22. The number of phenols is 1. The van der Waals surface area contributed by atoms with E-state index >= 15 is 0 Å². The van der Waals surface area contributed by atoms with E-state index in [0.717, 1.165) is 30.3 Å². The lowest BCUT2D eigenvalue weighted by Crippen LogP contribution is -2.02. The summed E-state index contributed by atoms with van der Waals surface area (Å²) in [6.07, 6.45) is 0. The second-order valence-corrected chi connectivity index (χ2v) is 9.49. The molecule has 34 heavy (non-hydrogen) atoms. The highest BCUT2D eigenvalue weighted by atomic mass is 32.2. The number of nitrogen functional groups attached to an aromatic ring is 1. The molecule has 180 valence electrons. The standard InChI is InChI=1S/C18H16N4O10S2/c1-2-32-14-4-3-10(22(24)25)7-13(14)20-21-17-15(34(29,30)31)6-9-5-11(33(26,27)28)8-12(19)16(9)18(17)23/h3-8,23H,2,19H2,1H3,(H,26,27,28)(H,29,30,31). The summed E-state index contributed by atoms with van der Waals surface area (Å²) in [4.78, 5) is 8.71. The Morgan fingerprint density at radius 2 is 1.74 bits per heavy atom. The molecule has 0 saturated carbocycles. The van der Waals surface area contributed by atoms with Gasteiger partial charge < -0.3 is 15.6 Å². The van der Waals surface area contributed by atoms with Crippen LogP contribution in [-0.4, -0.2) is 42.6 Å². The van der Waals surface area contributed by atoms with Crippen molar-refractivity contribution in [3.05, 3.63) is 46.5 Å². The number of azo groups is 1. The zero-order valence-electron chi connectivity index (χ0n) is 17.1. The molecule has 3 rings (SSSR count). The van der Waals surface area contributed by atoms with E-state index < -0.39 is 46.4 Å². The largest absolute Gasteiger partial charge is 0.505 e. The number of nitrogens with two attached hydrogens (primary N) is 1. The Morgan fingerprint density at radius 1 is 1.06 bits per heavy atom. The number of nitro groups is 1. The number of hydrogen-bond acceptors (Lipinski definition) is 11. The number of non-ortho nitro benzene ring substituents is 1. The number of nitro benzene ring substituents is 1. The van der Waals surface area contributed by atoms with Crippen molar-refractivity contribution >= 4 is 53.8 Å². The summed E-state index contributed by atoms with van der Waals surface area (Å²) in [6, 6.07) is 5.79. The Kier molecular flexibility index (Phi) is 6.43. The second kappa shape index (κ2) is 8.82. The van der Waals surface area contributed by atoms with Gasteiger partial charge in [-0.15, -0.1) is 10.2 Å². The van der Waals surface area contributed by atoms with Crippen molar-refractivity contribution in [3.63, 3.8) is 0 Å². The summed E-state index contributed by atoms with van der Waals surface area (Å²) >= 11 is 0. The molecule has 14 nitrogen and oxygen atoms in total. The molecule has 0 spiro atoms. The highest BCUT2D eigenvalue weighted by Crippen LogP contribution is 2.45. The van der Waals surface area contributed by atoms with Gasteiger partial charge in [-0.3, -0.25) is 19.2 Å². The van der Waals surface area contributed by atoms with Crippen LogP contribution in [0, 0.1) is 10.1 Å². The molecule has 0 radical (unpaired) electrons. The van der Waals surface area contributed by atoms with Gasteiger partial charge in [0, 0.05) is 23.2 Å². The summed E-state index contributed by atoms with van der Waals surface area (Å²) in [5.41, 5.74) is 4.07. The quantitative estimate of drug-likeness (QED) is 0.118. The molecule has 5 N–H and O–H groups in total. The van der Waals surface area contributed by atoms with Gasteiger partial charge in [0.1, 0.15) is 22.0 Å². The molecule has 0 aliphatic carbocycles. The van der Waals surface area contributed by atoms with E-state index in [-0.39, 0.29) is 40.2 Å². The van der Waals surface area contributed by atoms with Crippen LogP contribution in [0.1, 0.15) is 6.92 Å². The van der Waals surface area contributed by atoms with Gasteiger partial charge in [0.2, 0.25) is 0 Å². The van der Waals surface area contributed by atoms with E-state index in [1.54, 1.807) is 6.92 Å². The Morgan fingerprint density at radius 3 is 2.29 bits per heavy atom. The maximum Gasteiger partial charge on any atom is 0.296 e. The fourth-order valence-electron chi connectivity index (χ4n) is 3.01. The lowest BCUT2D eigenvalue weighted by atomic mass is 10.1. The maximum atomic E-state index is 12.0. The molecule has 0 fully saturated rings. The average Bonchev–Trinajstić information content (AvgIpc) is 2.72. The van der Waals surface area contributed by atoms with Crippen LogP contribution in [0.5, 0.6) is 11.5 Å². The van der Waals surface area contributed by atoms with Gasteiger partial charge in [-0.25, -0.2) is 0 Å². The van der Waals surface area contributed by atoms with Gasteiger partial charge in [0.15, 0.2) is 5.75 Å². The Hall–Kier alpha value is -3.86. The first kappa shape index (κ1) is 24.8. The molecule has 0 bridgehead atoms. The van der Waals surface area contributed by atoms with E-state index in [1.807, 2.05) is 0 Å². The number of phenolic OH excluding ortho intramolecular Hbond substituents is 1. The van der Waals surface area contributed by atoms with Gasteiger partial charge >= 0.3 is 0 Å². The molecule has 0 heterocycles. The number of aromatic hydroxyl groups is 1. The van der Waals surface area contributed by atoms with Crippen molar-refractivity contribution in [2.45, 2.75) is 16.7 Å².